The number of amides is 1. The van der Waals surface area contributed by atoms with E-state index >= 15 is 0 Å². The number of anilines is 1. The predicted molar refractivity (Wildman–Crippen MR) is 65.7 cm³/mol. The summed E-state index contributed by atoms with van der Waals surface area (Å²) in [6.45, 7) is 0.761. The van der Waals surface area contributed by atoms with E-state index in [1.807, 2.05) is 0 Å². The molecule has 0 spiro atoms. The van der Waals surface area contributed by atoms with Crippen LogP contribution < -0.4 is 4.90 Å². The Morgan fingerprint density at radius 3 is 2.50 bits per heavy atom. The fourth-order valence-corrected chi connectivity index (χ4v) is 1.97. The monoisotopic (exact) mass is 285 g/mol. The molecule has 0 aliphatic carbocycles. The number of hydrogen-bond acceptors (Lipinski definition) is 4. The molecule has 0 unspecified atom stereocenters. The highest BCUT2D eigenvalue weighted by Crippen LogP contribution is 2.33. The maximum atomic E-state index is 13.7. The number of ether oxygens (including phenoxy) is 2. The number of halogens is 2. The van der Waals surface area contributed by atoms with Crippen molar-refractivity contribution in [3.63, 3.8) is 0 Å². The van der Waals surface area contributed by atoms with E-state index in [0.29, 0.717) is 13.2 Å². The first-order chi connectivity index (χ1) is 9.57. The van der Waals surface area contributed by atoms with E-state index < -0.39 is 28.9 Å². The maximum Gasteiger partial charge on any atom is 0.299 e. The molecule has 5 nitrogen and oxygen atoms in total. The van der Waals surface area contributed by atoms with Crippen molar-refractivity contribution < 1.29 is 27.8 Å². The van der Waals surface area contributed by atoms with Crippen molar-refractivity contribution in [1.29, 1.82) is 0 Å². The molecule has 7 heteroatoms. The van der Waals surface area contributed by atoms with Crippen LogP contribution in [0.1, 0.15) is 10.4 Å². The number of methoxy groups -OCH3 is 1. The highest BCUT2D eigenvalue weighted by molar-refractivity contribution is 6.52. The van der Waals surface area contributed by atoms with Crippen LogP contribution in [0.25, 0.3) is 0 Å². The number of carbonyl (C=O) groups is 2. The third-order valence-electron chi connectivity index (χ3n) is 2.91. The standard InChI is InChI=1S/C13H13F2NO4/c1-19-6-7-20-5-4-16-11-9(15)3-2-8(14)10(11)12(17)13(16)18/h2-3H,4-7H2,1H3. The van der Waals surface area contributed by atoms with Gasteiger partial charge < -0.3 is 9.47 Å². The minimum absolute atomic E-state index is 0.0261. The lowest BCUT2D eigenvalue weighted by molar-refractivity contribution is -0.114. The number of benzene rings is 1. The second kappa shape index (κ2) is 6.06. The average molecular weight is 285 g/mol. The van der Waals surface area contributed by atoms with Crippen molar-refractivity contribution in [2.75, 3.05) is 38.4 Å². The molecule has 1 aromatic rings. The second-order valence-corrected chi connectivity index (χ2v) is 4.14. The van der Waals surface area contributed by atoms with Crippen LogP contribution >= 0.6 is 0 Å². The van der Waals surface area contributed by atoms with E-state index in [2.05, 4.69) is 0 Å². The molecule has 0 saturated heterocycles. The number of ketones is 1. The van der Waals surface area contributed by atoms with Crippen LogP contribution in [-0.2, 0) is 14.3 Å². The third kappa shape index (κ3) is 2.54. The van der Waals surface area contributed by atoms with Gasteiger partial charge in [0.25, 0.3) is 11.7 Å². The molecular weight excluding hydrogens is 272 g/mol. The van der Waals surface area contributed by atoms with Gasteiger partial charge in [0.15, 0.2) is 0 Å². The average Bonchev–Trinajstić information content (AvgIpc) is 2.68. The van der Waals surface area contributed by atoms with Crippen LogP contribution in [0.3, 0.4) is 0 Å². The minimum atomic E-state index is -1.03. The van der Waals surface area contributed by atoms with E-state index in [4.69, 9.17) is 9.47 Å². The largest absolute Gasteiger partial charge is 0.382 e. The molecule has 0 saturated carbocycles. The van der Waals surface area contributed by atoms with Crippen LogP contribution in [0.4, 0.5) is 14.5 Å². The van der Waals surface area contributed by atoms with Crippen molar-refractivity contribution in [2.45, 2.75) is 0 Å². The first-order valence-electron chi connectivity index (χ1n) is 5.98. The van der Waals surface area contributed by atoms with Crippen molar-refractivity contribution in [2.24, 2.45) is 0 Å². The van der Waals surface area contributed by atoms with E-state index in [9.17, 15) is 18.4 Å². The molecule has 20 heavy (non-hydrogen) atoms. The topological polar surface area (TPSA) is 55.8 Å². The number of carbonyl (C=O) groups excluding carboxylic acids is 2. The van der Waals surface area contributed by atoms with Crippen molar-refractivity contribution in [3.8, 4) is 0 Å². The first kappa shape index (κ1) is 14.5. The van der Waals surface area contributed by atoms with E-state index in [1.54, 1.807) is 0 Å². The van der Waals surface area contributed by atoms with Gasteiger partial charge >= 0.3 is 0 Å². The van der Waals surface area contributed by atoms with Gasteiger partial charge in [-0.25, -0.2) is 8.78 Å². The zero-order valence-corrected chi connectivity index (χ0v) is 10.8. The predicted octanol–water partition coefficient (Wildman–Crippen LogP) is 1.16. The zero-order valence-electron chi connectivity index (χ0n) is 10.8. The summed E-state index contributed by atoms with van der Waals surface area (Å²) < 4.78 is 37.2. The lowest BCUT2D eigenvalue weighted by atomic mass is 10.1. The quantitative estimate of drug-likeness (QED) is 0.581. The molecule has 0 aromatic heterocycles. The molecular formula is C13H13F2NO4. The Labute approximate surface area is 114 Å². The van der Waals surface area contributed by atoms with Crippen LogP contribution in [0.5, 0.6) is 0 Å². The Morgan fingerprint density at radius 1 is 1.10 bits per heavy atom. The van der Waals surface area contributed by atoms with Crippen molar-refractivity contribution >= 4 is 17.4 Å². The SMILES string of the molecule is COCCOCCN1C(=O)C(=O)c2c(F)ccc(F)c21. The highest BCUT2D eigenvalue weighted by Gasteiger charge is 2.40. The Kier molecular flexibility index (Phi) is 4.41. The summed E-state index contributed by atoms with van der Waals surface area (Å²) in [5.41, 5.74) is -0.817. The highest BCUT2D eigenvalue weighted by atomic mass is 19.1. The summed E-state index contributed by atoms with van der Waals surface area (Å²) >= 11 is 0. The smallest absolute Gasteiger partial charge is 0.299 e. The molecule has 1 amide bonds. The Hall–Kier alpha value is -1.86. The van der Waals surface area contributed by atoms with Gasteiger partial charge in [-0.2, -0.15) is 0 Å². The van der Waals surface area contributed by atoms with Crippen molar-refractivity contribution in [3.05, 3.63) is 29.3 Å². The summed E-state index contributed by atoms with van der Waals surface area (Å²) in [6.07, 6.45) is 0. The van der Waals surface area contributed by atoms with Crippen molar-refractivity contribution in [1.82, 2.24) is 0 Å². The molecule has 1 aromatic carbocycles. The fraction of sp³-hybridized carbons (Fsp3) is 0.385. The Morgan fingerprint density at radius 2 is 1.80 bits per heavy atom. The summed E-state index contributed by atoms with van der Waals surface area (Å²) in [7, 11) is 1.51. The van der Waals surface area contributed by atoms with Gasteiger partial charge in [-0.1, -0.05) is 0 Å². The summed E-state index contributed by atoms with van der Waals surface area (Å²) in [5, 5.41) is 0. The first-order valence-corrected chi connectivity index (χ1v) is 5.98. The van der Waals surface area contributed by atoms with Crippen LogP contribution in [0.2, 0.25) is 0 Å². The number of Topliss-reactive ketones (excluding diaryl/α,β-unsaturated/α-hetero) is 1. The van der Waals surface area contributed by atoms with E-state index in [0.717, 1.165) is 17.0 Å². The molecule has 2 rings (SSSR count). The normalized spacial score (nSPS) is 14.1. The summed E-state index contributed by atoms with van der Waals surface area (Å²) in [4.78, 5) is 24.3. The summed E-state index contributed by atoms with van der Waals surface area (Å²) in [6, 6.07) is 1.72. The number of fused-ring (bicyclic) bond motifs is 1. The minimum Gasteiger partial charge on any atom is -0.382 e. The molecule has 1 heterocycles. The summed E-state index contributed by atoms with van der Waals surface area (Å²) in [5.74, 6) is -3.69. The molecule has 0 atom stereocenters. The zero-order chi connectivity index (χ0) is 14.7. The van der Waals surface area contributed by atoms with Gasteiger partial charge in [-0.05, 0) is 12.1 Å². The molecule has 0 bridgehead atoms. The molecule has 108 valence electrons. The van der Waals surface area contributed by atoms with E-state index in [1.165, 1.54) is 7.11 Å². The molecule has 0 N–H and O–H groups in total. The molecule has 1 aliphatic rings. The molecule has 0 radical (unpaired) electrons. The van der Waals surface area contributed by atoms with E-state index in [-0.39, 0.29) is 18.8 Å². The third-order valence-corrected chi connectivity index (χ3v) is 2.91. The number of hydrogen-bond donors (Lipinski definition) is 0. The van der Waals surface area contributed by atoms with Gasteiger partial charge in [0.2, 0.25) is 0 Å². The fourth-order valence-electron chi connectivity index (χ4n) is 1.97. The van der Waals surface area contributed by atoms with Gasteiger partial charge in [-0.15, -0.1) is 0 Å². The van der Waals surface area contributed by atoms with Gasteiger partial charge in [-0.3, -0.25) is 14.5 Å². The maximum absolute atomic E-state index is 13.7. The number of rotatable bonds is 6. The lowest BCUT2D eigenvalue weighted by Gasteiger charge is -2.16. The Balaban J connectivity index is 2.14. The number of nitrogens with zero attached hydrogens (tertiary/aromatic N) is 1. The van der Waals surface area contributed by atoms with Crippen LogP contribution in [0.15, 0.2) is 12.1 Å². The van der Waals surface area contributed by atoms with Crippen LogP contribution in [-0.4, -0.2) is 45.2 Å². The second-order valence-electron chi connectivity index (χ2n) is 4.14. The van der Waals surface area contributed by atoms with Gasteiger partial charge in [0.1, 0.15) is 11.6 Å². The molecule has 1 aliphatic heterocycles. The molecule has 0 fully saturated rings. The lowest BCUT2D eigenvalue weighted by Crippen LogP contribution is -2.33. The van der Waals surface area contributed by atoms with Gasteiger partial charge in [0.05, 0.1) is 31.1 Å². The van der Waals surface area contributed by atoms with Gasteiger partial charge in [0, 0.05) is 13.7 Å². The Bertz CT molecular complexity index is 547. The van der Waals surface area contributed by atoms with Crippen LogP contribution in [0, 0.1) is 11.6 Å².